The molecule has 92 valence electrons. The zero-order valence-electron chi connectivity index (χ0n) is 9.87. The van der Waals surface area contributed by atoms with Gasteiger partial charge < -0.3 is 10.1 Å². The number of aliphatic hydroxyl groups excluding tert-OH is 1. The fourth-order valence-corrected chi connectivity index (χ4v) is 2.14. The van der Waals surface area contributed by atoms with Crippen LogP contribution in [0.5, 0.6) is 0 Å². The highest BCUT2D eigenvalue weighted by molar-refractivity contribution is 5.85. The van der Waals surface area contributed by atoms with Crippen molar-refractivity contribution in [1.82, 2.24) is 19.7 Å². The van der Waals surface area contributed by atoms with E-state index in [0.29, 0.717) is 0 Å². The molecule has 0 aliphatic carbocycles. The van der Waals surface area contributed by atoms with Gasteiger partial charge in [0.05, 0.1) is 0 Å². The van der Waals surface area contributed by atoms with Crippen LogP contribution in [0.25, 0.3) is 16.6 Å². The molecule has 0 aliphatic heterocycles. The molecule has 5 nitrogen and oxygen atoms in total. The summed E-state index contributed by atoms with van der Waals surface area (Å²) >= 11 is 0. The Morgan fingerprint density at radius 3 is 2.83 bits per heavy atom. The lowest BCUT2D eigenvalue weighted by atomic mass is 10.1. The molecule has 5 heteroatoms. The quantitative estimate of drug-likeness (QED) is 0.731. The molecule has 0 fully saturated rings. The van der Waals surface area contributed by atoms with Crippen molar-refractivity contribution in [2.45, 2.75) is 12.8 Å². The Balaban J connectivity index is 2.04. The molecule has 3 rings (SSSR count). The first-order valence-corrected chi connectivity index (χ1v) is 5.94. The van der Waals surface area contributed by atoms with Crippen molar-refractivity contribution in [2.24, 2.45) is 0 Å². The second kappa shape index (κ2) is 4.62. The summed E-state index contributed by atoms with van der Waals surface area (Å²) in [4.78, 5) is 3.25. The van der Waals surface area contributed by atoms with Crippen LogP contribution in [0.1, 0.15) is 12.0 Å². The monoisotopic (exact) mass is 242 g/mol. The lowest BCUT2D eigenvalue weighted by Gasteiger charge is -2.02. The summed E-state index contributed by atoms with van der Waals surface area (Å²) in [6, 6.07) is 6.19. The van der Waals surface area contributed by atoms with Crippen LogP contribution >= 0.6 is 0 Å². The van der Waals surface area contributed by atoms with Crippen LogP contribution in [-0.2, 0) is 6.42 Å². The van der Waals surface area contributed by atoms with Crippen LogP contribution < -0.4 is 0 Å². The van der Waals surface area contributed by atoms with E-state index in [4.69, 9.17) is 5.11 Å². The molecular formula is C13H14N4O. The van der Waals surface area contributed by atoms with Crippen molar-refractivity contribution in [1.29, 1.82) is 0 Å². The van der Waals surface area contributed by atoms with Gasteiger partial charge in [-0.25, -0.2) is 0 Å². The number of aryl methyl sites for hydroxylation is 1. The molecule has 0 saturated heterocycles. The third-order valence-corrected chi connectivity index (χ3v) is 3.07. The molecule has 0 saturated carbocycles. The second-order valence-electron chi connectivity index (χ2n) is 4.24. The highest BCUT2D eigenvalue weighted by Gasteiger charge is 2.05. The minimum absolute atomic E-state index is 0.220. The summed E-state index contributed by atoms with van der Waals surface area (Å²) in [6.07, 6.45) is 7.03. The van der Waals surface area contributed by atoms with Crippen molar-refractivity contribution in [3.63, 3.8) is 0 Å². The molecule has 0 bridgehead atoms. The first kappa shape index (κ1) is 11.0. The number of aromatic nitrogens is 4. The van der Waals surface area contributed by atoms with Gasteiger partial charge in [-0.1, -0.05) is 0 Å². The van der Waals surface area contributed by atoms with Gasteiger partial charge >= 0.3 is 0 Å². The van der Waals surface area contributed by atoms with Crippen LogP contribution in [0.3, 0.4) is 0 Å². The van der Waals surface area contributed by atoms with Crippen molar-refractivity contribution in [2.75, 3.05) is 6.61 Å². The molecule has 0 unspecified atom stereocenters. The molecule has 2 N–H and O–H groups in total. The van der Waals surface area contributed by atoms with Crippen molar-refractivity contribution < 1.29 is 5.11 Å². The molecule has 0 amide bonds. The van der Waals surface area contributed by atoms with Gasteiger partial charge in [0.15, 0.2) is 0 Å². The number of nitrogens with zero attached hydrogens (tertiary/aromatic N) is 3. The third-order valence-electron chi connectivity index (χ3n) is 3.07. The maximum absolute atomic E-state index is 8.91. The summed E-state index contributed by atoms with van der Waals surface area (Å²) < 4.78 is 1.88. The molecule has 1 aromatic carbocycles. The standard InChI is InChI=1S/C13H14N4O/c18-5-1-2-10-7-14-13-4-3-11(6-12(10)13)17-8-15-16-9-17/h3-4,6-9,14,18H,1-2,5H2. The largest absolute Gasteiger partial charge is 0.396 e. The van der Waals surface area contributed by atoms with E-state index in [-0.39, 0.29) is 6.61 Å². The van der Waals surface area contributed by atoms with E-state index >= 15 is 0 Å². The Labute approximate surface area is 104 Å². The summed E-state index contributed by atoms with van der Waals surface area (Å²) in [5.41, 5.74) is 3.38. The number of fused-ring (bicyclic) bond motifs is 1. The highest BCUT2D eigenvalue weighted by atomic mass is 16.2. The van der Waals surface area contributed by atoms with E-state index in [1.807, 2.05) is 22.9 Å². The fourth-order valence-electron chi connectivity index (χ4n) is 2.14. The third kappa shape index (κ3) is 1.89. The topological polar surface area (TPSA) is 66.7 Å². The van der Waals surface area contributed by atoms with E-state index in [1.165, 1.54) is 10.9 Å². The van der Waals surface area contributed by atoms with E-state index in [1.54, 1.807) is 12.7 Å². The van der Waals surface area contributed by atoms with Crippen molar-refractivity contribution in [3.8, 4) is 5.69 Å². The molecule has 2 heterocycles. The van der Waals surface area contributed by atoms with Gasteiger partial charge in [-0.2, -0.15) is 0 Å². The minimum Gasteiger partial charge on any atom is -0.396 e. The maximum atomic E-state index is 8.91. The molecular weight excluding hydrogens is 228 g/mol. The summed E-state index contributed by atoms with van der Waals surface area (Å²) in [7, 11) is 0. The number of aromatic amines is 1. The summed E-state index contributed by atoms with van der Waals surface area (Å²) in [6.45, 7) is 0.220. The highest BCUT2D eigenvalue weighted by Crippen LogP contribution is 2.22. The van der Waals surface area contributed by atoms with Crippen LogP contribution in [0.15, 0.2) is 37.1 Å². The van der Waals surface area contributed by atoms with E-state index in [2.05, 4.69) is 21.2 Å². The van der Waals surface area contributed by atoms with Gasteiger partial charge in [0, 0.05) is 29.4 Å². The number of H-pyrrole nitrogens is 1. The first-order valence-electron chi connectivity index (χ1n) is 5.94. The average Bonchev–Trinajstić information content (AvgIpc) is 3.05. The lowest BCUT2D eigenvalue weighted by molar-refractivity contribution is 0.289. The molecule has 0 spiro atoms. The van der Waals surface area contributed by atoms with Gasteiger partial charge in [0.1, 0.15) is 12.7 Å². The van der Waals surface area contributed by atoms with E-state index in [0.717, 1.165) is 24.0 Å². The molecule has 0 atom stereocenters. The molecule has 0 radical (unpaired) electrons. The summed E-state index contributed by atoms with van der Waals surface area (Å²) in [5, 5.41) is 17.7. The number of hydrogen-bond donors (Lipinski definition) is 2. The minimum atomic E-state index is 0.220. The maximum Gasteiger partial charge on any atom is 0.123 e. The van der Waals surface area contributed by atoms with Crippen LogP contribution in [0, 0.1) is 0 Å². The second-order valence-corrected chi connectivity index (χ2v) is 4.24. The Morgan fingerprint density at radius 1 is 1.22 bits per heavy atom. The Bertz CT molecular complexity index is 642. The first-order chi connectivity index (χ1) is 8.88. The zero-order valence-corrected chi connectivity index (χ0v) is 9.87. The van der Waals surface area contributed by atoms with Crippen molar-refractivity contribution >= 4 is 10.9 Å². The van der Waals surface area contributed by atoms with Gasteiger partial charge in [-0.05, 0) is 36.6 Å². The van der Waals surface area contributed by atoms with Gasteiger partial charge in [0.25, 0.3) is 0 Å². The predicted molar refractivity (Wildman–Crippen MR) is 68.6 cm³/mol. The number of hydrogen-bond acceptors (Lipinski definition) is 3. The number of rotatable bonds is 4. The SMILES string of the molecule is OCCCc1c[nH]c2ccc(-n3cnnc3)cc12. The van der Waals surface area contributed by atoms with Crippen LogP contribution in [0.2, 0.25) is 0 Å². The Kier molecular flexibility index (Phi) is 2.82. The molecule has 2 aromatic heterocycles. The lowest BCUT2D eigenvalue weighted by Crippen LogP contribution is -1.91. The molecule has 3 aromatic rings. The van der Waals surface area contributed by atoms with E-state index in [9.17, 15) is 0 Å². The average molecular weight is 242 g/mol. The normalized spacial score (nSPS) is 11.2. The van der Waals surface area contributed by atoms with E-state index < -0.39 is 0 Å². The predicted octanol–water partition coefficient (Wildman–Crippen LogP) is 1.67. The van der Waals surface area contributed by atoms with Gasteiger partial charge in [-0.3, -0.25) is 4.57 Å². The van der Waals surface area contributed by atoms with Crippen molar-refractivity contribution in [3.05, 3.63) is 42.6 Å². The van der Waals surface area contributed by atoms with Crippen LogP contribution in [-0.4, -0.2) is 31.5 Å². The summed E-state index contributed by atoms with van der Waals surface area (Å²) in [5.74, 6) is 0. The van der Waals surface area contributed by atoms with Crippen LogP contribution in [0.4, 0.5) is 0 Å². The Hall–Kier alpha value is -2.14. The number of aliphatic hydroxyl groups is 1. The fraction of sp³-hybridized carbons (Fsp3) is 0.231. The van der Waals surface area contributed by atoms with Gasteiger partial charge in [-0.15, -0.1) is 10.2 Å². The van der Waals surface area contributed by atoms with Gasteiger partial charge in [0.2, 0.25) is 0 Å². The molecule has 0 aliphatic rings. The number of benzene rings is 1. The smallest absolute Gasteiger partial charge is 0.123 e. The Morgan fingerprint density at radius 2 is 2.06 bits per heavy atom. The zero-order chi connectivity index (χ0) is 12.4. The number of nitrogens with one attached hydrogen (secondary N) is 1. The molecule has 18 heavy (non-hydrogen) atoms.